The van der Waals surface area contributed by atoms with Crippen LogP contribution >= 0.6 is 0 Å². The summed E-state index contributed by atoms with van der Waals surface area (Å²) in [5, 5.41) is 3.49. The van der Waals surface area contributed by atoms with Gasteiger partial charge >= 0.3 is 0 Å². The number of rotatable bonds is 7. The summed E-state index contributed by atoms with van der Waals surface area (Å²) in [6.07, 6.45) is 4.76. The number of nitrogens with zero attached hydrogens (tertiary/aromatic N) is 2. The van der Waals surface area contributed by atoms with Crippen LogP contribution in [0.5, 0.6) is 0 Å². The average molecular weight is 239 g/mol. The quantitative estimate of drug-likeness (QED) is 0.793. The Bertz CT molecular complexity index is 337. The lowest BCUT2D eigenvalue weighted by Gasteiger charge is -2.36. The second-order valence-corrected chi connectivity index (χ2v) is 4.49. The first-order chi connectivity index (χ1) is 8.09. The van der Waals surface area contributed by atoms with Gasteiger partial charge in [-0.2, -0.15) is 0 Å². The van der Waals surface area contributed by atoms with Gasteiger partial charge in [-0.15, -0.1) is 0 Å². The number of ether oxygens (including phenoxy) is 1. The average Bonchev–Trinajstić information content (AvgIpc) is 2.72. The Balaban J connectivity index is 3.03. The summed E-state index contributed by atoms with van der Waals surface area (Å²) in [4.78, 5) is 4.45. The Morgan fingerprint density at radius 1 is 1.47 bits per heavy atom. The highest BCUT2D eigenvalue weighted by Gasteiger charge is 2.36. The highest BCUT2D eigenvalue weighted by molar-refractivity contribution is 5.06. The van der Waals surface area contributed by atoms with Crippen LogP contribution in [-0.2, 0) is 11.8 Å². The van der Waals surface area contributed by atoms with E-state index in [-0.39, 0.29) is 11.6 Å². The number of imidazole rings is 1. The van der Waals surface area contributed by atoms with Crippen molar-refractivity contribution in [2.75, 3.05) is 13.2 Å². The molecule has 98 valence electrons. The van der Waals surface area contributed by atoms with Crippen molar-refractivity contribution in [3.05, 3.63) is 18.2 Å². The molecule has 17 heavy (non-hydrogen) atoms. The molecule has 4 heteroatoms. The van der Waals surface area contributed by atoms with Crippen LogP contribution in [0.25, 0.3) is 0 Å². The molecular weight excluding hydrogens is 214 g/mol. The zero-order valence-corrected chi connectivity index (χ0v) is 11.7. The van der Waals surface area contributed by atoms with Crippen LogP contribution in [0.1, 0.15) is 46.0 Å². The minimum Gasteiger partial charge on any atom is -0.373 e. The third kappa shape index (κ3) is 3.07. The SMILES string of the molecule is CCNC(c1nccn1C)C(C)(CC)OCC. The smallest absolute Gasteiger partial charge is 0.128 e. The lowest BCUT2D eigenvalue weighted by Crippen LogP contribution is -2.44. The van der Waals surface area contributed by atoms with Crippen molar-refractivity contribution in [3.63, 3.8) is 0 Å². The number of nitrogens with one attached hydrogen (secondary N) is 1. The van der Waals surface area contributed by atoms with E-state index in [9.17, 15) is 0 Å². The molecule has 0 fully saturated rings. The van der Waals surface area contributed by atoms with Crippen LogP contribution in [0, 0.1) is 0 Å². The Kier molecular flexibility index (Phi) is 5.15. The van der Waals surface area contributed by atoms with E-state index in [2.05, 4.69) is 35.6 Å². The van der Waals surface area contributed by atoms with Gasteiger partial charge in [-0.1, -0.05) is 13.8 Å². The van der Waals surface area contributed by atoms with E-state index < -0.39 is 0 Å². The number of aromatic nitrogens is 2. The van der Waals surface area contributed by atoms with Crippen LogP contribution in [0.15, 0.2) is 12.4 Å². The molecule has 0 aromatic carbocycles. The Morgan fingerprint density at radius 3 is 2.59 bits per heavy atom. The van der Waals surface area contributed by atoms with E-state index in [1.165, 1.54) is 0 Å². The van der Waals surface area contributed by atoms with Crippen molar-refractivity contribution in [2.24, 2.45) is 7.05 Å². The van der Waals surface area contributed by atoms with Crippen LogP contribution < -0.4 is 5.32 Å². The number of aryl methyl sites for hydroxylation is 1. The van der Waals surface area contributed by atoms with Crippen molar-refractivity contribution in [2.45, 2.75) is 45.8 Å². The molecule has 0 amide bonds. The van der Waals surface area contributed by atoms with Gasteiger partial charge in [0.15, 0.2) is 0 Å². The van der Waals surface area contributed by atoms with Gasteiger partial charge in [-0.3, -0.25) is 0 Å². The molecule has 0 bridgehead atoms. The molecule has 1 N–H and O–H groups in total. The summed E-state index contributed by atoms with van der Waals surface area (Å²) in [5.41, 5.74) is -0.218. The van der Waals surface area contributed by atoms with Crippen LogP contribution in [0.3, 0.4) is 0 Å². The standard InChI is InChI=1S/C13H25N3O/c1-6-13(4,17-8-3)11(14-7-2)12-15-9-10-16(12)5/h9-11,14H,6-8H2,1-5H3. The summed E-state index contributed by atoms with van der Waals surface area (Å²) < 4.78 is 8.01. The minimum absolute atomic E-state index is 0.123. The maximum atomic E-state index is 5.96. The summed E-state index contributed by atoms with van der Waals surface area (Å²) in [5.74, 6) is 1.03. The van der Waals surface area contributed by atoms with E-state index in [4.69, 9.17) is 4.74 Å². The molecule has 1 heterocycles. The first kappa shape index (κ1) is 14.2. The van der Waals surface area contributed by atoms with Gasteiger partial charge < -0.3 is 14.6 Å². The molecule has 1 rings (SSSR count). The summed E-state index contributed by atoms with van der Waals surface area (Å²) in [7, 11) is 2.02. The first-order valence-corrected chi connectivity index (χ1v) is 6.43. The predicted molar refractivity (Wildman–Crippen MR) is 69.9 cm³/mol. The largest absolute Gasteiger partial charge is 0.373 e. The van der Waals surface area contributed by atoms with Crippen molar-refractivity contribution in [1.29, 1.82) is 0 Å². The summed E-state index contributed by atoms with van der Waals surface area (Å²) in [6.45, 7) is 10.1. The third-order valence-electron chi connectivity index (χ3n) is 3.31. The topological polar surface area (TPSA) is 39.1 Å². The van der Waals surface area contributed by atoms with Gasteiger partial charge in [-0.25, -0.2) is 4.98 Å². The van der Waals surface area contributed by atoms with E-state index >= 15 is 0 Å². The third-order valence-corrected chi connectivity index (χ3v) is 3.31. The molecule has 4 nitrogen and oxygen atoms in total. The maximum Gasteiger partial charge on any atom is 0.128 e. The van der Waals surface area contributed by atoms with Crippen LogP contribution in [0.4, 0.5) is 0 Å². The molecule has 0 spiro atoms. The fourth-order valence-corrected chi connectivity index (χ4v) is 2.16. The van der Waals surface area contributed by atoms with Crippen molar-refractivity contribution >= 4 is 0 Å². The molecule has 0 saturated heterocycles. The minimum atomic E-state index is -0.218. The van der Waals surface area contributed by atoms with Crippen molar-refractivity contribution in [1.82, 2.24) is 14.9 Å². The molecule has 2 atom stereocenters. The predicted octanol–water partition coefficient (Wildman–Crippen LogP) is 2.28. The van der Waals surface area contributed by atoms with Gasteiger partial charge in [0.1, 0.15) is 5.82 Å². The molecule has 0 aliphatic heterocycles. The monoisotopic (exact) mass is 239 g/mol. The fraction of sp³-hybridized carbons (Fsp3) is 0.769. The molecule has 1 aromatic rings. The zero-order chi connectivity index (χ0) is 12.9. The van der Waals surface area contributed by atoms with E-state index in [1.807, 2.05) is 26.4 Å². The van der Waals surface area contributed by atoms with Gasteiger partial charge in [0.25, 0.3) is 0 Å². The van der Waals surface area contributed by atoms with E-state index in [1.54, 1.807) is 0 Å². The second-order valence-electron chi connectivity index (χ2n) is 4.49. The Hall–Kier alpha value is -0.870. The van der Waals surface area contributed by atoms with Gasteiger partial charge in [-0.05, 0) is 26.8 Å². The Morgan fingerprint density at radius 2 is 2.18 bits per heavy atom. The van der Waals surface area contributed by atoms with Gasteiger partial charge in [0.2, 0.25) is 0 Å². The Labute approximate surface area is 104 Å². The number of likely N-dealkylation sites (N-methyl/N-ethyl adjacent to an activating group) is 1. The summed E-state index contributed by atoms with van der Waals surface area (Å²) >= 11 is 0. The lowest BCUT2D eigenvalue weighted by molar-refractivity contribution is -0.0585. The molecule has 1 aromatic heterocycles. The van der Waals surface area contributed by atoms with E-state index in [0.29, 0.717) is 0 Å². The van der Waals surface area contributed by atoms with E-state index in [0.717, 1.165) is 25.4 Å². The molecule has 0 aliphatic carbocycles. The van der Waals surface area contributed by atoms with Gasteiger partial charge in [0.05, 0.1) is 11.6 Å². The zero-order valence-electron chi connectivity index (χ0n) is 11.7. The van der Waals surface area contributed by atoms with Crippen LogP contribution in [-0.4, -0.2) is 28.3 Å². The molecule has 0 radical (unpaired) electrons. The number of hydrogen-bond donors (Lipinski definition) is 1. The van der Waals surface area contributed by atoms with Crippen molar-refractivity contribution < 1.29 is 4.74 Å². The fourth-order valence-electron chi connectivity index (χ4n) is 2.16. The summed E-state index contributed by atoms with van der Waals surface area (Å²) in [6, 6.07) is 0.123. The van der Waals surface area contributed by atoms with Crippen molar-refractivity contribution in [3.8, 4) is 0 Å². The first-order valence-electron chi connectivity index (χ1n) is 6.43. The number of hydrogen-bond acceptors (Lipinski definition) is 3. The van der Waals surface area contributed by atoms with Crippen LogP contribution in [0.2, 0.25) is 0 Å². The molecule has 2 unspecified atom stereocenters. The lowest BCUT2D eigenvalue weighted by atomic mass is 9.92. The molecule has 0 aliphatic rings. The highest BCUT2D eigenvalue weighted by Crippen LogP contribution is 2.31. The maximum absolute atomic E-state index is 5.96. The normalized spacial score (nSPS) is 16.8. The van der Waals surface area contributed by atoms with Gasteiger partial charge in [0, 0.05) is 26.0 Å². The molecular formula is C13H25N3O. The second kappa shape index (κ2) is 6.17. The highest BCUT2D eigenvalue weighted by atomic mass is 16.5. The molecule has 0 saturated carbocycles.